The van der Waals surface area contributed by atoms with E-state index >= 15 is 0 Å². The summed E-state index contributed by atoms with van der Waals surface area (Å²) in [6.07, 6.45) is -0.249. The fourth-order valence-electron chi connectivity index (χ4n) is 4.43. The fourth-order valence-corrected chi connectivity index (χ4v) is 4.74. The van der Waals surface area contributed by atoms with E-state index < -0.39 is 11.8 Å². The first-order chi connectivity index (χ1) is 16.3. The molecule has 0 saturated carbocycles. The Kier molecular flexibility index (Phi) is 7.08. The van der Waals surface area contributed by atoms with Crippen LogP contribution in [-0.4, -0.2) is 35.9 Å². The molecule has 0 unspecified atom stereocenters. The normalized spacial score (nSPS) is 16.9. The first-order valence-electron chi connectivity index (χ1n) is 10.9. The van der Waals surface area contributed by atoms with Gasteiger partial charge in [-0.05, 0) is 41.5 Å². The number of fused-ring (bicyclic) bond motifs is 3. The van der Waals surface area contributed by atoms with Crippen LogP contribution in [0.15, 0.2) is 48.5 Å². The predicted octanol–water partition coefficient (Wildman–Crippen LogP) is 5.04. The topological polar surface area (TPSA) is 96.4 Å². The third kappa shape index (κ3) is 4.88. The van der Waals surface area contributed by atoms with E-state index in [1.54, 1.807) is 29.2 Å². The van der Waals surface area contributed by atoms with E-state index in [2.05, 4.69) is 6.07 Å². The third-order valence-electron chi connectivity index (χ3n) is 6.07. The number of nitrogens with zero attached hydrogens (tertiary/aromatic N) is 2. The molecule has 3 aromatic rings. The molecular formula is C26H23Cl2N3O3. The summed E-state index contributed by atoms with van der Waals surface area (Å²) in [6, 6.07) is 16.6. The van der Waals surface area contributed by atoms with Gasteiger partial charge in [0, 0.05) is 31.0 Å². The number of benzene rings is 3. The Labute approximate surface area is 207 Å². The van der Waals surface area contributed by atoms with Crippen LogP contribution in [0.1, 0.15) is 46.3 Å². The molecule has 2 atom stereocenters. The molecule has 0 saturated heterocycles. The number of hydrogen-bond donors (Lipinski definition) is 1. The van der Waals surface area contributed by atoms with Crippen molar-refractivity contribution >= 4 is 45.8 Å². The predicted molar refractivity (Wildman–Crippen MR) is 132 cm³/mol. The van der Waals surface area contributed by atoms with E-state index in [0.717, 1.165) is 16.3 Å². The number of halogens is 2. The van der Waals surface area contributed by atoms with Gasteiger partial charge in [-0.1, -0.05) is 53.5 Å². The Balaban J connectivity index is 1.81. The van der Waals surface area contributed by atoms with Crippen LogP contribution in [0.5, 0.6) is 0 Å². The Morgan fingerprint density at radius 1 is 1.24 bits per heavy atom. The second kappa shape index (κ2) is 10.0. The lowest BCUT2D eigenvalue weighted by Gasteiger charge is -2.33. The summed E-state index contributed by atoms with van der Waals surface area (Å²) in [6.45, 7) is 2.58. The van der Waals surface area contributed by atoms with E-state index in [1.165, 1.54) is 0 Å². The maximum Gasteiger partial charge on any atom is 0.255 e. The summed E-state index contributed by atoms with van der Waals surface area (Å²) in [5.41, 5.74) is 7.74. The first-order valence-corrected chi connectivity index (χ1v) is 11.6. The van der Waals surface area contributed by atoms with Crippen LogP contribution in [0.3, 0.4) is 0 Å². The van der Waals surface area contributed by atoms with Crippen molar-refractivity contribution in [1.29, 1.82) is 5.26 Å². The quantitative estimate of drug-likeness (QED) is 0.536. The van der Waals surface area contributed by atoms with Gasteiger partial charge >= 0.3 is 0 Å². The van der Waals surface area contributed by atoms with E-state index in [-0.39, 0.29) is 31.6 Å². The van der Waals surface area contributed by atoms with Gasteiger partial charge in [0.05, 0.1) is 40.0 Å². The molecule has 2 amide bonds. The van der Waals surface area contributed by atoms with Gasteiger partial charge in [-0.2, -0.15) is 5.26 Å². The highest BCUT2D eigenvalue weighted by atomic mass is 35.5. The highest BCUT2D eigenvalue weighted by Gasteiger charge is 2.30. The second-order valence-electron chi connectivity index (χ2n) is 8.48. The van der Waals surface area contributed by atoms with Crippen LogP contribution in [0.2, 0.25) is 10.0 Å². The van der Waals surface area contributed by atoms with Crippen molar-refractivity contribution in [3.05, 3.63) is 80.8 Å². The van der Waals surface area contributed by atoms with Gasteiger partial charge in [-0.25, -0.2) is 0 Å². The molecule has 34 heavy (non-hydrogen) atoms. The van der Waals surface area contributed by atoms with Crippen LogP contribution in [0.25, 0.3) is 10.8 Å². The number of carbonyl (C=O) groups excluding carboxylic acids is 2. The standard InChI is InChI=1S/C26H23Cl2N3O3/c1-15-12-31(13-19(10-24(30)32)16-6-7-22(27)23(28)9-16)26(33)25-20-5-3-2-4-17(20)8-18(11-29)21(25)14-34-15/h2-9,15,19H,10,12-14H2,1H3,(H2,30,32)/t15-,19-/m1/s1. The smallest absolute Gasteiger partial charge is 0.255 e. The summed E-state index contributed by atoms with van der Waals surface area (Å²) in [7, 11) is 0. The minimum Gasteiger partial charge on any atom is -0.372 e. The number of hydrogen-bond acceptors (Lipinski definition) is 4. The number of primary amides is 1. The summed E-state index contributed by atoms with van der Waals surface area (Å²) in [5, 5.41) is 12.1. The Morgan fingerprint density at radius 2 is 2.00 bits per heavy atom. The van der Waals surface area contributed by atoms with Crippen LogP contribution in [0, 0.1) is 11.3 Å². The molecule has 0 fully saturated rings. The molecule has 0 spiro atoms. The zero-order chi connectivity index (χ0) is 24.4. The molecule has 0 bridgehead atoms. The molecular weight excluding hydrogens is 473 g/mol. The Hall–Kier alpha value is -3.11. The molecule has 1 aliphatic heterocycles. The van der Waals surface area contributed by atoms with Crippen LogP contribution in [0.4, 0.5) is 0 Å². The van der Waals surface area contributed by atoms with Crippen molar-refractivity contribution in [3.8, 4) is 6.07 Å². The number of ether oxygens (including phenoxy) is 1. The van der Waals surface area contributed by atoms with Crippen molar-refractivity contribution in [1.82, 2.24) is 4.90 Å². The lowest BCUT2D eigenvalue weighted by Crippen LogP contribution is -2.42. The number of nitriles is 1. The minimum absolute atomic E-state index is 0.0306. The largest absolute Gasteiger partial charge is 0.372 e. The van der Waals surface area contributed by atoms with Gasteiger partial charge < -0.3 is 15.4 Å². The molecule has 8 heteroatoms. The molecule has 2 N–H and O–H groups in total. The van der Waals surface area contributed by atoms with Crippen LogP contribution >= 0.6 is 23.2 Å². The minimum atomic E-state index is -0.488. The fraction of sp³-hybridized carbons (Fsp3) is 0.269. The SMILES string of the molecule is C[C@@H]1CN(C[C@@H](CC(N)=O)c2ccc(Cl)c(Cl)c2)C(=O)c2c(c(C#N)cc3ccccc23)CO1. The van der Waals surface area contributed by atoms with Crippen molar-refractivity contribution in [2.24, 2.45) is 5.73 Å². The van der Waals surface area contributed by atoms with Crippen molar-refractivity contribution in [2.45, 2.75) is 32.0 Å². The maximum absolute atomic E-state index is 14.0. The van der Waals surface area contributed by atoms with Crippen molar-refractivity contribution in [2.75, 3.05) is 13.1 Å². The average Bonchev–Trinajstić information content (AvgIpc) is 2.81. The number of amides is 2. The van der Waals surface area contributed by atoms with Crippen LogP contribution in [-0.2, 0) is 16.1 Å². The molecule has 1 aliphatic rings. The van der Waals surface area contributed by atoms with Crippen LogP contribution < -0.4 is 5.73 Å². The zero-order valence-corrected chi connectivity index (χ0v) is 20.1. The molecule has 6 nitrogen and oxygen atoms in total. The average molecular weight is 496 g/mol. The van der Waals surface area contributed by atoms with Gasteiger partial charge in [0.25, 0.3) is 5.91 Å². The summed E-state index contributed by atoms with van der Waals surface area (Å²) in [4.78, 5) is 27.6. The highest BCUT2D eigenvalue weighted by molar-refractivity contribution is 6.42. The number of carbonyl (C=O) groups is 2. The van der Waals surface area contributed by atoms with Crippen molar-refractivity contribution < 1.29 is 14.3 Å². The monoisotopic (exact) mass is 495 g/mol. The molecule has 0 aliphatic carbocycles. The molecule has 0 radical (unpaired) electrons. The zero-order valence-electron chi connectivity index (χ0n) is 18.6. The van der Waals surface area contributed by atoms with Crippen molar-refractivity contribution in [3.63, 3.8) is 0 Å². The lowest BCUT2D eigenvalue weighted by atomic mass is 9.91. The van der Waals surface area contributed by atoms with Gasteiger partial charge in [0.1, 0.15) is 0 Å². The molecule has 1 heterocycles. The first kappa shape index (κ1) is 24.0. The Bertz CT molecular complexity index is 1320. The van der Waals surface area contributed by atoms with Gasteiger partial charge in [0.2, 0.25) is 5.91 Å². The Morgan fingerprint density at radius 3 is 2.71 bits per heavy atom. The van der Waals surface area contributed by atoms with Gasteiger partial charge in [-0.3, -0.25) is 9.59 Å². The number of rotatable bonds is 5. The molecule has 4 rings (SSSR count). The van der Waals surface area contributed by atoms with E-state index in [1.807, 2.05) is 31.2 Å². The van der Waals surface area contributed by atoms with Gasteiger partial charge in [0.15, 0.2) is 0 Å². The second-order valence-corrected chi connectivity index (χ2v) is 9.30. The molecule has 174 valence electrons. The van der Waals surface area contributed by atoms with E-state index in [0.29, 0.717) is 33.3 Å². The number of nitrogens with two attached hydrogens (primary N) is 1. The maximum atomic E-state index is 14.0. The van der Waals surface area contributed by atoms with Gasteiger partial charge in [-0.15, -0.1) is 0 Å². The summed E-state index contributed by atoms with van der Waals surface area (Å²) in [5.74, 6) is -1.10. The van der Waals surface area contributed by atoms with E-state index in [9.17, 15) is 14.9 Å². The molecule has 0 aromatic heterocycles. The third-order valence-corrected chi connectivity index (χ3v) is 6.81. The highest BCUT2D eigenvalue weighted by Crippen LogP contribution is 2.32. The summed E-state index contributed by atoms with van der Waals surface area (Å²) < 4.78 is 6.01. The van der Waals surface area contributed by atoms with E-state index in [4.69, 9.17) is 33.7 Å². The summed E-state index contributed by atoms with van der Waals surface area (Å²) >= 11 is 12.3. The lowest BCUT2D eigenvalue weighted by molar-refractivity contribution is -0.118. The molecule has 3 aromatic carbocycles.